The first-order valence-electron chi connectivity index (χ1n) is 6.65. The van der Waals surface area contributed by atoms with Crippen molar-refractivity contribution in [3.05, 3.63) is 35.6 Å². The molecule has 0 spiro atoms. The highest BCUT2D eigenvalue weighted by Gasteiger charge is 2.33. The number of hydrogen-bond donors (Lipinski definition) is 1. The fraction of sp³-hybridized carbons (Fsp3) is 0.600. The Balaban J connectivity index is 2.16. The third-order valence-electron chi connectivity index (χ3n) is 3.87. The third-order valence-corrected chi connectivity index (χ3v) is 3.87. The van der Waals surface area contributed by atoms with E-state index in [0.29, 0.717) is 12.1 Å². The van der Waals surface area contributed by atoms with Gasteiger partial charge in [-0.2, -0.15) is 0 Å². The molecule has 2 atom stereocenters. The van der Waals surface area contributed by atoms with Crippen LogP contribution in [0.1, 0.15) is 39.3 Å². The fourth-order valence-electron chi connectivity index (χ4n) is 2.66. The van der Waals surface area contributed by atoms with Crippen LogP contribution in [0.4, 0.5) is 4.39 Å². The van der Waals surface area contributed by atoms with E-state index in [0.717, 1.165) is 13.1 Å². The maximum Gasteiger partial charge on any atom is 0.123 e. The molecule has 2 unspecified atom stereocenters. The summed E-state index contributed by atoms with van der Waals surface area (Å²) in [6.07, 6.45) is 0. The van der Waals surface area contributed by atoms with E-state index in [4.69, 9.17) is 0 Å². The topological polar surface area (TPSA) is 15.3 Å². The van der Waals surface area contributed by atoms with Gasteiger partial charge in [0.25, 0.3) is 0 Å². The van der Waals surface area contributed by atoms with E-state index in [2.05, 4.69) is 37.9 Å². The van der Waals surface area contributed by atoms with Gasteiger partial charge in [0.05, 0.1) is 0 Å². The Kier molecular flexibility index (Phi) is 3.74. The molecule has 1 aliphatic rings. The predicted octanol–water partition coefficient (Wildman–Crippen LogP) is 2.96. The van der Waals surface area contributed by atoms with E-state index >= 15 is 0 Å². The van der Waals surface area contributed by atoms with Crippen molar-refractivity contribution in [2.75, 3.05) is 13.1 Å². The molecule has 1 aromatic carbocycles. The predicted molar refractivity (Wildman–Crippen MR) is 73.1 cm³/mol. The van der Waals surface area contributed by atoms with Gasteiger partial charge in [0, 0.05) is 30.7 Å². The van der Waals surface area contributed by atoms with E-state index in [1.807, 2.05) is 12.1 Å². The second-order valence-electron chi connectivity index (χ2n) is 6.01. The van der Waals surface area contributed by atoms with Crippen LogP contribution in [0.3, 0.4) is 0 Å². The Hall–Kier alpha value is -0.930. The molecule has 0 aromatic heterocycles. The zero-order chi connectivity index (χ0) is 13.3. The number of nitrogens with one attached hydrogen (secondary N) is 1. The Morgan fingerprint density at radius 1 is 1.33 bits per heavy atom. The average Bonchev–Trinajstić information content (AvgIpc) is 2.32. The molecule has 2 rings (SSSR count). The maximum absolute atomic E-state index is 13.0. The van der Waals surface area contributed by atoms with Crippen LogP contribution in [0, 0.1) is 5.82 Å². The smallest absolute Gasteiger partial charge is 0.123 e. The molecular formula is C15H23FN2. The summed E-state index contributed by atoms with van der Waals surface area (Å²) in [7, 11) is 0. The molecule has 1 aromatic rings. The molecule has 0 amide bonds. The Labute approximate surface area is 109 Å². The summed E-state index contributed by atoms with van der Waals surface area (Å²) >= 11 is 0. The standard InChI is InChI=1S/C15H23FN2/c1-11-9-17-15(3,4)10-18(11)12(2)13-5-7-14(16)8-6-13/h5-8,11-12,17H,9-10H2,1-4H3. The molecule has 18 heavy (non-hydrogen) atoms. The molecule has 0 radical (unpaired) electrons. The molecule has 2 nitrogen and oxygen atoms in total. The normalized spacial score (nSPS) is 25.9. The second kappa shape index (κ2) is 4.98. The fourth-order valence-corrected chi connectivity index (χ4v) is 2.66. The van der Waals surface area contributed by atoms with Crippen molar-refractivity contribution >= 4 is 0 Å². The van der Waals surface area contributed by atoms with Crippen LogP contribution in [0.2, 0.25) is 0 Å². The van der Waals surface area contributed by atoms with Crippen molar-refractivity contribution in [2.24, 2.45) is 0 Å². The number of hydrogen-bond acceptors (Lipinski definition) is 2. The minimum atomic E-state index is -0.167. The second-order valence-corrected chi connectivity index (χ2v) is 6.01. The first kappa shape index (κ1) is 13.5. The summed E-state index contributed by atoms with van der Waals surface area (Å²) in [4.78, 5) is 2.49. The van der Waals surface area contributed by atoms with Crippen LogP contribution in [0.5, 0.6) is 0 Å². The van der Waals surface area contributed by atoms with E-state index < -0.39 is 0 Å². The molecule has 1 aliphatic heterocycles. The lowest BCUT2D eigenvalue weighted by molar-refractivity contribution is 0.0689. The zero-order valence-corrected chi connectivity index (χ0v) is 11.7. The summed E-state index contributed by atoms with van der Waals surface area (Å²) in [6, 6.07) is 7.69. The number of rotatable bonds is 2. The van der Waals surface area contributed by atoms with Crippen molar-refractivity contribution in [3.63, 3.8) is 0 Å². The van der Waals surface area contributed by atoms with Gasteiger partial charge in [0.1, 0.15) is 5.82 Å². The Morgan fingerprint density at radius 3 is 2.56 bits per heavy atom. The van der Waals surface area contributed by atoms with E-state index in [9.17, 15) is 4.39 Å². The van der Waals surface area contributed by atoms with Gasteiger partial charge in [0.15, 0.2) is 0 Å². The van der Waals surface area contributed by atoms with Crippen molar-refractivity contribution in [1.29, 1.82) is 0 Å². The van der Waals surface area contributed by atoms with Crippen molar-refractivity contribution in [2.45, 2.75) is 45.3 Å². The number of benzene rings is 1. The number of nitrogens with zero attached hydrogens (tertiary/aromatic N) is 1. The first-order valence-corrected chi connectivity index (χ1v) is 6.65. The highest BCUT2D eigenvalue weighted by Crippen LogP contribution is 2.27. The summed E-state index contributed by atoms with van der Waals surface area (Å²) in [6.45, 7) is 10.9. The molecule has 3 heteroatoms. The van der Waals surface area contributed by atoms with Gasteiger partial charge >= 0.3 is 0 Å². The van der Waals surface area contributed by atoms with Gasteiger partial charge in [-0.1, -0.05) is 12.1 Å². The summed E-state index contributed by atoms with van der Waals surface area (Å²) in [5.74, 6) is -0.167. The lowest BCUT2D eigenvalue weighted by Crippen LogP contribution is -2.61. The Bertz CT molecular complexity index is 399. The minimum Gasteiger partial charge on any atom is -0.309 e. The first-order chi connectivity index (χ1) is 8.39. The summed E-state index contributed by atoms with van der Waals surface area (Å²) < 4.78 is 13.0. The van der Waals surface area contributed by atoms with E-state index in [1.165, 1.54) is 5.56 Å². The monoisotopic (exact) mass is 250 g/mol. The molecule has 1 heterocycles. The molecule has 1 N–H and O–H groups in total. The molecule has 0 saturated carbocycles. The lowest BCUT2D eigenvalue weighted by Gasteiger charge is -2.46. The molecular weight excluding hydrogens is 227 g/mol. The minimum absolute atomic E-state index is 0.140. The highest BCUT2D eigenvalue weighted by atomic mass is 19.1. The SMILES string of the molecule is CC1CNC(C)(C)CN1C(C)c1ccc(F)cc1. The molecule has 0 aliphatic carbocycles. The number of halogens is 1. The van der Waals surface area contributed by atoms with Gasteiger partial charge in [-0.3, -0.25) is 4.90 Å². The van der Waals surface area contributed by atoms with Crippen molar-refractivity contribution < 1.29 is 4.39 Å². The van der Waals surface area contributed by atoms with Crippen molar-refractivity contribution in [3.8, 4) is 0 Å². The van der Waals surface area contributed by atoms with Crippen LogP contribution in [0.25, 0.3) is 0 Å². The highest BCUT2D eigenvalue weighted by molar-refractivity contribution is 5.20. The van der Waals surface area contributed by atoms with Crippen LogP contribution in [-0.2, 0) is 0 Å². The van der Waals surface area contributed by atoms with Crippen LogP contribution >= 0.6 is 0 Å². The quantitative estimate of drug-likeness (QED) is 0.868. The van der Waals surface area contributed by atoms with Gasteiger partial charge in [-0.05, 0) is 45.4 Å². The van der Waals surface area contributed by atoms with E-state index in [-0.39, 0.29) is 11.4 Å². The van der Waals surface area contributed by atoms with Crippen LogP contribution < -0.4 is 5.32 Å². The van der Waals surface area contributed by atoms with Gasteiger partial charge < -0.3 is 5.32 Å². The third kappa shape index (κ3) is 2.90. The lowest BCUT2D eigenvalue weighted by atomic mass is 9.95. The molecule has 0 bridgehead atoms. The van der Waals surface area contributed by atoms with Gasteiger partial charge in [0.2, 0.25) is 0 Å². The van der Waals surface area contributed by atoms with E-state index in [1.54, 1.807) is 12.1 Å². The number of piperazine rings is 1. The summed E-state index contributed by atoms with van der Waals surface area (Å²) in [5, 5.41) is 3.55. The maximum atomic E-state index is 13.0. The molecule has 1 fully saturated rings. The van der Waals surface area contributed by atoms with Crippen LogP contribution in [-0.4, -0.2) is 29.6 Å². The van der Waals surface area contributed by atoms with Crippen LogP contribution in [0.15, 0.2) is 24.3 Å². The average molecular weight is 250 g/mol. The largest absolute Gasteiger partial charge is 0.309 e. The van der Waals surface area contributed by atoms with Gasteiger partial charge in [-0.25, -0.2) is 4.39 Å². The molecule has 1 saturated heterocycles. The zero-order valence-electron chi connectivity index (χ0n) is 11.7. The molecule has 100 valence electrons. The Morgan fingerprint density at radius 2 is 1.94 bits per heavy atom. The van der Waals surface area contributed by atoms with Gasteiger partial charge in [-0.15, -0.1) is 0 Å². The van der Waals surface area contributed by atoms with Crippen molar-refractivity contribution in [1.82, 2.24) is 10.2 Å². The summed E-state index contributed by atoms with van der Waals surface area (Å²) in [5.41, 5.74) is 1.32.